The van der Waals surface area contributed by atoms with E-state index in [1.54, 1.807) is 31.4 Å². The van der Waals surface area contributed by atoms with Gasteiger partial charge in [0.15, 0.2) is 0 Å². The number of aromatic nitrogens is 2. The molecule has 0 saturated carbocycles. The van der Waals surface area contributed by atoms with Crippen molar-refractivity contribution in [3.63, 3.8) is 0 Å². The van der Waals surface area contributed by atoms with Gasteiger partial charge < -0.3 is 15.0 Å². The number of allylic oxidation sites excluding steroid dienone is 3. The van der Waals surface area contributed by atoms with E-state index >= 15 is 0 Å². The summed E-state index contributed by atoms with van der Waals surface area (Å²) in [7, 11) is 1.64. The topological polar surface area (TPSA) is 104 Å². The molecule has 9 heteroatoms. The Morgan fingerprint density at radius 2 is 2.00 bits per heavy atom. The van der Waals surface area contributed by atoms with Crippen LogP contribution < -0.4 is 10.9 Å². The Hall–Kier alpha value is -3.59. The number of halogens is 1. The molecule has 4 rings (SSSR count). The highest BCUT2D eigenvalue weighted by atomic mass is 19.1. The molecule has 1 aliphatic heterocycles. The van der Waals surface area contributed by atoms with Crippen LogP contribution in [0.25, 0.3) is 0 Å². The highest BCUT2D eigenvalue weighted by Crippen LogP contribution is 2.45. The van der Waals surface area contributed by atoms with Gasteiger partial charge in [0.05, 0.1) is 24.4 Å². The molecule has 1 aromatic heterocycles. The number of ether oxygens (including phenoxy) is 1. The van der Waals surface area contributed by atoms with Gasteiger partial charge in [-0.25, -0.2) is 9.49 Å². The van der Waals surface area contributed by atoms with Gasteiger partial charge in [-0.1, -0.05) is 32.9 Å². The minimum atomic E-state index is -0.582. The van der Waals surface area contributed by atoms with Crippen LogP contribution in [-0.2, 0) is 16.0 Å². The predicted molar refractivity (Wildman–Crippen MR) is 152 cm³/mol. The van der Waals surface area contributed by atoms with Crippen LogP contribution in [0.4, 0.5) is 4.39 Å². The smallest absolute Gasteiger partial charge is 0.267 e. The molecule has 2 heterocycles. The SMILES string of the molecule is CO[C@@H]1C[C@@H](C2(C)C=C(F)C=CC2)N(C(=O)CNC(=O)c2ccc(Cc3cc(C)n[nH]c3=O)c(C)c2)[C@H]1C(C)C. The first-order valence-corrected chi connectivity index (χ1v) is 13.7. The second kappa shape index (κ2) is 11.9. The van der Waals surface area contributed by atoms with Gasteiger partial charge in [-0.2, -0.15) is 5.10 Å². The van der Waals surface area contributed by atoms with Crippen molar-refractivity contribution in [2.75, 3.05) is 13.7 Å². The molecule has 2 aromatic rings. The average molecular weight is 551 g/mol. The van der Waals surface area contributed by atoms with Gasteiger partial charge in [0.2, 0.25) is 5.91 Å². The van der Waals surface area contributed by atoms with Crippen molar-refractivity contribution < 1.29 is 18.7 Å². The Kier molecular flexibility index (Phi) is 8.73. The van der Waals surface area contributed by atoms with E-state index < -0.39 is 5.41 Å². The molecule has 2 amide bonds. The standard InChI is InChI=1S/C31H39FN4O4/c1-18(2)28-25(40-6)15-26(31(5)11-7-8-24(32)16-31)36(28)27(37)17-33-29(38)22-10-9-21(19(3)12-22)14-23-13-20(4)34-35-30(23)39/h7-10,12-13,16,18,25-26,28H,11,14-15,17H2,1-6H3,(H,33,38)(H,35,39)/t25-,26+,28+,31?/m1/s1. The number of rotatable bonds is 8. The molecule has 2 aliphatic rings. The molecule has 1 fully saturated rings. The molecule has 214 valence electrons. The van der Waals surface area contributed by atoms with E-state index in [0.29, 0.717) is 30.4 Å². The van der Waals surface area contributed by atoms with Gasteiger partial charge in [-0.3, -0.25) is 14.4 Å². The number of benzene rings is 1. The Balaban J connectivity index is 1.49. The molecular weight excluding hydrogens is 511 g/mol. The highest BCUT2D eigenvalue weighted by molar-refractivity contribution is 5.96. The van der Waals surface area contributed by atoms with Gasteiger partial charge in [-0.05, 0) is 74.1 Å². The lowest BCUT2D eigenvalue weighted by Crippen LogP contribution is -2.53. The Bertz CT molecular complexity index is 1400. The molecule has 1 saturated heterocycles. The second-order valence-corrected chi connectivity index (χ2v) is 11.6. The van der Waals surface area contributed by atoms with Crippen molar-refractivity contribution >= 4 is 11.8 Å². The zero-order valence-corrected chi connectivity index (χ0v) is 24.1. The van der Waals surface area contributed by atoms with Crippen molar-refractivity contribution in [2.24, 2.45) is 11.3 Å². The maximum atomic E-state index is 14.3. The van der Waals surface area contributed by atoms with Crippen LogP contribution in [0.3, 0.4) is 0 Å². The molecule has 1 unspecified atom stereocenters. The van der Waals surface area contributed by atoms with E-state index in [1.807, 2.05) is 51.7 Å². The highest BCUT2D eigenvalue weighted by Gasteiger charge is 2.51. The number of amides is 2. The summed E-state index contributed by atoms with van der Waals surface area (Å²) in [4.78, 5) is 40.7. The third kappa shape index (κ3) is 6.09. The molecule has 0 bridgehead atoms. The maximum absolute atomic E-state index is 14.3. The summed E-state index contributed by atoms with van der Waals surface area (Å²) < 4.78 is 20.1. The lowest BCUT2D eigenvalue weighted by Gasteiger charge is -2.42. The lowest BCUT2D eigenvalue weighted by molar-refractivity contribution is -0.137. The Morgan fingerprint density at radius 1 is 1.25 bits per heavy atom. The van der Waals surface area contributed by atoms with Crippen LogP contribution in [0.2, 0.25) is 0 Å². The molecule has 8 nitrogen and oxygen atoms in total. The largest absolute Gasteiger partial charge is 0.379 e. The van der Waals surface area contributed by atoms with Gasteiger partial charge in [0, 0.05) is 36.1 Å². The van der Waals surface area contributed by atoms with Crippen molar-refractivity contribution in [2.45, 2.75) is 72.1 Å². The molecule has 40 heavy (non-hydrogen) atoms. The van der Waals surface area contributed by atoms with E-state index in [0.717, 1.165) is 16.8 Å². The van der Waals surface area contributed by atoms with Gasteiger partial charge >= 0.3 is 0 Å². The first-order valence-electron chi connectivity index (χ1n) is 13.7. The van der Waals surface area contributed by atoms with Crippen LogP contribution in [-0.4, -0.2) is 58.8 Å². The summed E-state index contributed by atoms with van der Waals surface area (Å²) in [5.41, 5.74) is 2.71. The predicted octanol–water partition coefficient (Wildman–Crippen LogP) is 4.17. The number of aryl methyl sites for hydroxylation is 2. The minimum Gasteiger partial charge on any atom is -0.379 e. The van der Waals surface area contributed by atoms with E-state index in [2.05, 4.69) is 15.5 Å². The zero-order chi connectivity index (χ0) is 29.2. The minimum absolute atomic E-state index is 0.109. The van der Waals surface area contributed by atoms with Crippen molar-refractivity contribution in [1.29, 1.82) is 0 Å². The maximum Gasteiger partial charge on any atom is 0.267 e. The summed E-state index contributed by atoms with van der Waals surface area (Å²) in [5, 5.41) is 9.20. The first kappa shape index (κ1) is 29.4. The second-order valence-electron chi connectivity index (χ2n) is 11.6. The number of hydrogen-bond acceptors (Lipinski definition) is 5. The van der Waals surface area contributed by atoms with Crippen LogP contribution in [0, 0.1) is 25.2 Å². The third-order valence-electron chi connectivity index (χ3n) is 8.23. The first-order chi connectivity index (χ1) is 18.9. The monoisotopic (exact) mass is 550 g/mol. The molecule has 0 radical (unpaired) electrons. The van der Waals surface area contributed by atoms with E-state index in [-0.39, 0.29) is 53.9 Å². The number of carbonyl (C=O) groups excluding carboxylic acids is 2. The molecular formula is C31H39FN4O4. The molecule has 2 N–H and O–H groups in total. The van der Waals surface area contributed by atoms with Gasteiger partial charge in [0.1, 0.15) is 5.83 Å². The summed E-state index contributed by atoms with van der Waals surface area (Å²) >= 11 is 0. The van der Waals surface area contributed by atoms with E-state index in [9.17, 15) is 18.8 Å². The molecule has 1 aromatic carbocycles. The third-order valence-corrected chi connectivity index (χ3v) is 8.23. The molecule has 0 spiro atoms. The quantitative estimate of drug-likeness (QED) is 0.514. The van der Waals surface area contributed by atoms with Crippen LogP contribution >= 0.6 is 0 Å². The Morgan fingerprint density at radius 3 is 2.65 bits per heavy atom. The average Bonchev–Trinajstić information content (AvgIpc) is 3.31. The fourth-order valence-corrected chi connectivity index (χ4v) is 6.13. The number of hydrogen-bond donors (Lipinski definition) is 2. The van der Waals surface area contributed by atoms with Crippen molar-refractivity contribution in [3.8, 4) is 0 Å². The van der Waals surface area contributed by atoms with Crippen molar-refractivity contribution in [3.05, 3.63) is 86.6 Å². The Labute approximate surface area is 234 Å². The van der Waals surface area contributed by atoms with Crippen LogP contribution in [0.1, 0.15) is 66.4 Å². The van der Waals surface area contributed by atoms with Crippen LogP contribution in [0.5, 0.6) is 0 Å². The van der Waals surface area contributed by atoms with Crippen molar-refractivity contribution in [1.82, 2.24) is 20.4 Å². The number of methoxy groups -OCH3 is 1. The summed E-state index contributed by atoms with van der Waals surface area (Å²) in [6.45, 7) is 9.58. The fraction of sp³-hybridized carbons (Fsp3) is 0.484. The number of nitrogens with zero attached hydrogens (tertiary/aromatic N) is 2. The zero-order valence-electron chi connectivity index (χ0n) is 24.1. The summed E-state index contributed by atoms with van der Waals surface area (Å²) in [6.07, 6.45) is 6.31. The molecule has 4 atom stereocenters. The number of carbonyl (C=O) groups is 2. The van der Waals surface area contributed by atoms with E-state index in [1.165, 1.54) is 6.08 Å². The van der Waals surface area contributed by atoms with E-state index in [4.69, 9.17) is 4.74 Å². The number of nitrogens with one attached hydrogen (secondary N) is 2. The van der Waals surface area contributed by atoms with Gasteiger partial charge in [0.25, 0.3) is 11.5 Å². The van der Waals surface area contributed by atoms with Crippen LogP contribution in [0.15, 0.2) is 53.1 Å². The summed E-state index contributed by atoms with van der Waals surface area (Å²) in [5.74, 6) is -0.781. The number of aromatic amines is 1. The number of H-pyrrole nitrogens is 1. The normalized spacial score (nSPS) is 24.4. The lowest BCUT2D eigenvalue weighted by atomic mass is 9.75. The molecule has 1 aliphatic carbocycles. The fourth-order valence-electron chi connectivity index (χ4n) is 6.13. The number of likely N-dealkylation sites (tertiary alicyclic amines) is 1. The van der Waals surface area contributed by atoms with Gasteiger partial charge in [-0.15, -0.1) is 0 Å². The summed E-state index contributed by atoms with van der Waals surface area (Å²) in [6, 6.07) is 6.57.